The molecule has 8 nitrogen and oxygen atoms in total. The maximum absolute atomic E-state index is 9.05. The van der Waals surface area contributed by atoms with Crippen molar-refractivity contribution in [2.75, 3.05) is 5.32 Å². The summed E-state index contributed by atoms with van der Waals surface area (Å²) in [7, 11) is 0. The van der Waals surface area contributed by atoms with E-state index >= 15 is 0 Å². The highest BCUT2D eigenvalue weighted by molar-refractivity contribution is 5.87. The highest BCUT2D eigenvalue weighted by Crippen LogP contribution is 2.27. The number of nitriles is 1. The number of rotatable bonds is 4. The lowest BCUT2D eigenvalue weighted by atomic mass is 10.1. The van der Waals surface area contributed by atoms with Crippen LogP contribution in [0.2, 0.25) is 0 Å². The lowest BCUT2D eigenvalue weighted by Gasteiger charge is -2.07. The largest absolute Gasteiger partial charge is 0.354 e. The molecule has 138 valence electrons. The molecule has 5 rings (SSSR count). The number of H-pyrrole nitrogens is 2. The van der Waals surface area contributed by atoms with E-state index in [1.165, 1.54) is 0 Å². The van der Waals surface area contributed by atoms with Crippen LogP contribution in [-0.4, -0.2) is 30.1 Å². The minimum atomic E-state index is 0.383. The molecule has 0 saturated carbocycles. The van der Waals surface area contributed by atoms with Gasteiger partial charge in [-0.05, 0) is 30.3 Å². The van der Waals surface area contributed by atoms with Crippen molar-refractivity contribution in [1.29, 1.82) is 5.26 Å². The number of fused-ring (bicyclic) bond motifs is 1. The molecule has 0 spiro atoms. The Kier molecular flexibility index (Phi) is 3.96. The molecule has 0 aliphatic rings. The van der Waals surface area contributed by atoms with Crippen molar-refractivity contribution >= 4 is 22.4 Å². The summed E-state index contributed by atoms with van der Waals surface area (Å²) in [5.41, 5.74) is 4.96. The zero-order valence-corrected chi connectivity index (χ0v) is 15.1. The number of aromatic nitrogens is 6. The van der Waals surface area contributed by atoms with E-state index in [1.54, 1.807) is 18.6 Å². The first kappa shape index (κ1) is 16.6. The number of pyridine rings is 2. The second-order valence-corrected chi connectivity index (χ2v) is 6.42. The lowest BCUT2D eigenvalue weighted by molar-refractivity contribution is 1.10. The van der Waals surface area contributed by atoms with Gasteiger partial charge in [-0.15, -0.1) is 10.2 Å². The first-order valence-electron chi connectivity index (χ1n) is 8.87. The monoisotopic (exact) mass is 378 g/mol. The fourth-order valence-electron chi connectivity index (χ4n) is 3.15. The summed E-state index contributed by atoms with van der Waals surface area (Å²) in [5.74, 6) is 1.42. The van der Waals surface area contributed by atoms with Gasteiger partial charge in [0, 0.05) is 46.4 Å². The van der Waals surface area contributed by atoms with Gasteiger partial charge in [0.2, 0.25) is 0 Å². The summed E-state index contributed by atoms with van der Waals surface area (Å²) >= 11 is 0. The third kappa shape index (κ3) is 3.28. The van der Waals surface area contributed by atoms with Gasteiger partial charge in [-0.1, -0.05) is 12.1 Å². The van der Waals surface area contributed by atoms with Crippen LogP contribution in [0.5, 0.6) is 0 Å². The third-order valence-electron chi connectivity index (χ3n) is 4.51. The van der Waals surface area contributed by atoms with Gasteiger partial charge in [0.05, 0.1) is 5.52 Å². The van der Waals surface area contributed by atoms with Gasteiger partial charge in [0.25, 0.3) is 0 Å². The standard InChI is InChI=1S/C21H14N8/c22-10-17-6-13(4-5-23-17)18-8-15-11-24-20(9-19(15)28-18)27-16-3-1-2-14(7-16)21-25-12-26-29-21/h1-9,11-12,28H,(H,24,27)(H,25,26,29). The summed E-state index contributed by atoms with van der Waals surface area (Å²) in [6, 6.07) is 17.5. The van der Waals surface area contributed by atoms with E-state index in [2.05, 4.69) is 41.5 Å². The van der Waals surface area contributed by atoms with Gasteiger partial charge < -0.3 is 15.3 Å². The molecule has 3 N–H and O–H groups in total. The van der Waals surface area contributed by atoms with Crippen LogP contribution in [0.1, 0.15) is 5.69 Å². The van der Waals surface area contributed by atoms with Crippen molar-refractivity contribution in [2.45, 2.75) is 0 Å². The maximum Gasteiger partial charge on any atom is 0.161 e. The fourth-order valence-corrected chi connectivity index (χ4v) is 3.15. The highest BCUT2D eigenvalue weighted by atomic mass is 15.2. The van der Waals surface area contributed by atoms with E-state index < -0.39 is 0 Å². The summed E-state index contributed by atoms with van der Waals surface area (Å²) in [6.07, 6.45) is 4.99. The van der Waals surface area contributed by atoms with Crippen LogP contribution in [0.4, 0.5) is 11.5 Å². The van der Waals surface area contributed by atoms with E-state index in [4.69, 9.17) is 5.26 Å². The van der Waals surface area contributed by atoms with Crippen LogP contribution in [0.15, 0.2) is 67.3 Å². The third-order valence-corrected chi connectivity index (χ3v) is 4.51. The molecule has 0 unspecified atom stereocenters. The van der Waals surface area contributed by atoms with E-state index in [0.717, 1.165) is 33.4 Å². The van der Waals surface area contributed by atoms with E-state index in [-0.39, 0.29) is 0 Å². The molecular formula is C21H14N8. The van der Waals surface area contributed by atoms with Crippen molar-refractivity contribution in [3.8, 4) is 28.7 Å². The Balaban J connectivity index is 1.45. The van der Waals surface area contributed by atoms with E-state index in [9.17, 15) is 0 Å². The van der Waals surface area contributed by atoms with Crippen molar-refractivity contribution in [3.63, 3.8) is 0 Å². The van der Waals surface area contributed by atoms with Crippen molar-refractivity contribution in [1.82, 2.24) is 30.1 Å². The topological polar surface area (TPSA) is 119 Å². The minimum absolute atomic E-state index is 0.383. The molecule has 0 fully saturated rings. The molecule has 0 amide bonds. The molecule has 5 aromatic rings. The number of hydrogen-bond donors (Lipinski definition) is 3. The molecule has 4 aromatic heterocycles. The number of benzene rings is 1. The Bertz CT molecular complexity index is 1340. The first-order valence-corrected chi connectivity index (χ1v) is 8.87. The Morgan fingerprint density at radius 1 is 1.00 bits per heavy atom. The second kappa shape index (κ2) is 6.90. The van der Waals surface area contributed by atoms with Crippen molar-refractivity contribution in [2.24, 2.45) is 0 Å². The molecule has 0 radical (unpaired) electrons. The fraction of sp³-hybridized carbons (Fsp3) is 0. The molecule has 1 aromatic carbocycles. The number of hydrogen-bond acceptors (Lipinski definition) is 6. The predicted octanol–water partition coefficient (Wildman–Crippen LogP) is 4.03. The molecule has 0 atom stereocenters. The zero-order valence-electron chi connectivity index (χ0n) is 15.1. The highest BCUT2D eigenvalue weighted by Gasteiger charge is 2.07. The van der Waals surface area contributed by atoms with Gasteiger partial charge in [-0.3, -0.25) is 0 Å². The number of nitrogens with one attached hydrogen (secondary N) is 3. The van der Waals surface area contributed by atoms with Crippen molar-refractivity contribution in [3.05, 3.63) is 72.9 Å². The van der Waals surface area contributed by atoms with Gasteiger partial charge in [0.15, 0.2) is 5.82 Å². The van der Waals surface area contributed by atoms with Gasteiger partial charge >= 0.3 is 0 Å². The van der Waals surface area contributed by atoms with Crippen molar-refractivity contribution < 1.29 is 0 Å². The summed E-state index contributed by atoms with van der Waals surface area (Å²) in [6.45, 7) is 0. The Labute approximate surface area is 165 Å². The van der Waals surface area contributed by atoms with Gasteiger partial charge in [-0.25, -0.2) is 9.97 Å². The molecule has 0 saturated heterocycles. The molecule has 0 aliphatic heterocycles. The number of anilines is 2. The lowest BCUT2D eigenvalue weighted by Crippen LogP contribution is -1.93. The van der Waals surface area contributed by atoms with Crippen LogP contribution in [0, 0.1) is 11.3 Å². The Hall–Kier alpha value is -4.51. The normalized spacial score (nSPS) is 10.7. The van der Waals surface area contributed by atoms with Crippen LogP contribution in [0.3, 0.4) is 0 Å². The average molecular weight is 378 g/mol. The first-order chi connectivity index (χ1) is 14.3. The molecule has 29 heavy (non-hydrogen) atoms. The SMILES string of the molecule is N#Cc1cc(-c2cc3cnc(Nc4cccc(-c5nnc[nH]5)c4)cc3[nH]2)ccn1. The quantitative estimate of drug-likeness (QED) is 0.434. The second-order valence-electron chi connectivity index (χ2n) is 6.42. The number of nitrogens with zero attached hydrogens (tertiary/aromatic N) is 5. The maximum atomic E-state index is 9.05. The summed E-state index contributed by atoms with van der Waals surface area (Å²) in [4.78, 5) is 14.9. The molecule has 0 bridgehead atoms. The Morgan fingerprint density at radius 3 is 2.83 bits per heavy atom. The average Bonchev–Trinajstić information content (AvgIpc) is 3.44. The number of aromatic amines is 2. The van der Waals surface area contributed by atoms with Gasteiger partial charge in [0.1, 0.15) is 23.9 Å². The van der Waals surface area contributed by atoms with Crippen LogP contribution in [0.25, 0.3) is 33.5 Å². The smallest absolute Gasteiger partial charge is 0.161 e. The minimum Gasteiger partial charge on any atom is -0.354 e. The van der Waals surface area contributed by atoms with Crippen LogP contribution >= 0.6 is 0 Å². The van der Waals surface area contributed by atoms with E-state index in [1.807, 2.05) is 48.7 Å². The molecule has 8 heteroatoms. The predicted molar refractivity (Wildman–Crippen MR) is 109 cm³/mol. The molecular weight excluding hydrogens is 364 g/mol. The van der Waals surface area contributed by atoms with Gasteiger partial charge in [-0.2, -0.15) is 5.26 Å². The summed E-state index contributed by atoms with van der Waals surface area (Å²) < 4.78 is 0. The van der Waals surface area contributed by atoms with E-state index in [0.29, 0.717) is 17.3 Å². The van der Waals surface area contributed by atoms with Crippen LogP contribution < -0.4 is 5.32 Å². The Morgan fingerprint density at radius 2 is 1.97 bits per heavy atom. The zero-order chi connectivity index (χ0) is 19.6. The molecule has 4 heterocycles. The molecule has 0 aliphatic carbocycles. The van der Waals surface area contributed by atoms with Crippen LogP contribution in [-0.2, 0) is 0 Å². The summed E-state index contributed by atoms with van der Waals surface area (Å²) in [5, 5.41) is 21.2.